The van der Waals surface area contributed by atoms with Crippen LogP contribution in [0.5, 0.6) is 0 Å². The molecule has 1 fully saturated rings. The fourth-order valence-corrected chi connectivity index (χ4v) is 0.850. The molecule has 1 heterocycles. The summed E-state index contributed by atoms with van der Waals surface area (Å²) in [5, 5.41) is 0. The van der Waals surface area contributed by atoms with Gasteiger partial charge in [-0.05, 0) is 0 Å². The van der Waals surface area contributed by atoms with E-state index >= 15 is 0 Å². The topological polar surface area (TPSA) is 6.48 Å². The minimum atomic E-state index is 1.12. The van der Waals surface area contributed by atoms with Crippen LogP contribution >= 0.6 is 0 Å². The van der Waals surface area contributed by atoms with Crippen molar-refractivity contribution in [1.29, 1.82) is 0 Å². The fourth-order valence-electron chi connectivity index (χ4n) is 0.850. The van der Waals surface area contributed by atoms with Crippen LogP contribution in [0.15, 0.2) is 12.4 Å². The number of likely N-dealkylation sites (N-methyl/N-ethyl adjacent to an activating group) is 2. The molecule has 2 heteroatoms. The lowest BCUT2D eigenvalue weighted by Gasteiger charge is -2.14. The summed E-state index contributed by atoms with van der Waals surface area (Å²) < 4.78 is 0. The molecular formula is C8H18N2. The van der Waals surface area contributed by atoms with Crippen LogP contribution in [0.25, 0.3) is 0 Å². The molecule has 0 unspecified atom stereocenters. The van der Waals surface area contributed by atoms with E-state index in [2.05, 4.69) is 30.5 Å². The van der Waals surface area contributed by atoms with Crippen LogP contribution in [-0.4, -0.2) is 37.0 Å². The molecule has 0 bridgehead atoms. The largest absolute Gasteiger partial charge is 0.360 e. The van der Waals surface area contributed by atoms with Crippen LogP contribution in [0.2, 0.25) is 0 Å². The van der Waals surface area contributed by atoms with Gasteiger partial charge in [-0.25, -0.2) is 0 Å². The maximum absolute atomic E-state index is 3.87. The normalized spacial score (nSPS) is 17.0. The maximum atomic E-state index is 3.87. The standard InChI is InChI=1S/C6H12N2.C2H6/c1-6-7(2)4-5-8(6)3;1-2/h1,4-5H2,2-3H3;1-2H3. The second kappa shape index (κ2) is 4.20. The Bertz CT molecular complexity index is 97.8. The predicted octanol–water partition coefficient (Wildman–Crippen LogP) is 1.36. The zero-order chi connectivity index (χ0) is 8.15. The molecule has 0 aliphatic carbocycles. The van der Waals surface area contributed by atoms with Crippen molar-refractivity contribution in [2.24, 2.45) is 0 Å². The van der Waals surface area contributed by atoms with Crippen LogP contribution < -0.4 is 0 Å². The summed E-state index contributed by atoms with van der Waals surface area (Å²) in [4.78, 5) is 4.31. The van der Waals surface area contributed by atoms with Crippen molar-refractivity contribution in [1.82, 2.24) is 9.80 Å². The van der Waals surface area contributed by atoms with Crippen molar-refractivity contribution in [2.75, 3.05) is 27.2 Å². The Morgan fingerprint density at radius 3 is 1.50 bits per heavy atom. The molecular weight excluding hydrogens is 124 g/mol. The fraction of sp³-hybridized carbons (Fsp3) is 0.750. The Hall–Kier alpha value is -0.660. The van der Waals surface area contributed by atoms with Gasteiger partial charge in [0.15, 0.2) is 0 Å². The second-order valence-electron chi connectivity index (χ2n) is 2.26. The molecule has 1 aliphatic rings. The average Bonchev–Trinajstić information content (AvgIpc) is 2.25. The molecule has 2 nitrogen and oxygen atoms in total. The van der Waals surface area contributed by atoms with E-state index in [1.807, 2.05) is 13.8 Å². The van der Waals surface area contributed by atoms with Gasteiger partial charge in [-0.3, -0.25) is 0 Å². The highest BCUT2D eigenvalue weighted by atomic mass is 15.4. The maximum Gasteiger partial charge on any atom is 0.0961 e. The first-order valence-electron chi connectivity index (χ1n) is 3.83. The zero-order valence-electron chi connectivity index (χ0n) is 7.52. The predicted molar refractivity (Wildman–Crippen MR) is 45.7 cm³/mol. The molecule has 0 amide bonds. The average molecular weight is 142 g/mol. The van der Waals surface area contributed by atoms with Crippen molar-refractivity contribution >= 4 is 0 Å². The molecule has 0 saturated carbocycles. The highest BCUT2D eigenvalue weighted by Gasteiger charge is 2.14. The van der Waals surface area contributed by atoms with Crippen molar-refractivity contribution in [3.8, 4) is 0 Å². The third-order valence-electron chi connectivity index (χ3n) is 1.65. The molecule has 60 valence electrons. The lowest BCUT2D eigenvalue weighted by molar-refractivity contribution is 0.426. The van der Waals surface area contributed by atoms with Gasteiger partial charge >= 0.3 is 0 Å². The number of hydrogen-bond acceptors (Lipinski definition) is 2. The molecule has 0 N–H and O–H groups in total. The zero-order valence-corrected chi connectivity index (χ0v) is 7.52. The molecule has 1 aliphatic heterocycles. The van der Waals surface area contributed by atoms with Gasteiger partial charge in [0, 0.05) is 27.2 Å². The van der Waals surface area contributed by atoms with Gasteiger partial charge in [0.2, 0.25) is 0 Å². The van der Waals surface area contributed by atoms with Gasteiger partial charge in [-0.1, -0.05) is 20.4 Å². The van der Waals surface area contributed by atoms with Gasteiger partial charge < -0.3 is 9.80 Å². The summed E-state index contributed by atoms with van der Waals surface area (Å²) in [6.07, 6.45) is 0. The van der Waals surface area contributed by atoms with E-state index < -0.39 is 0 Å². The Kier molecular flexibility index (Phi) is 3.93. The molecule has 1 rings (SSSR count). The van der Waals surface area contributed by atoms with Gasteiger partial charge in [-0.2, -0.15) is 0 Å². The summed E-state index contributed by atoms with van der Waals surface area (Å²) >= 11 is 0. The van der Waals surface area contributed by atoms with Crippen molar-refractivity contribution in [3.63, 3.8) is 0 Å². The van der Waals surface area contributed by atoms with Gasteiger partial charge in [0.1, 0.15) is 0 Å². The number of rotatable bonds is 0. The van der Waals surface area contributed by atoms with E-state index in [9.17, 15) is 0 Å². The monoisotopic (exact) mass is 142 g/mol. The van der Waals surface area contributed by atoms with Crippen LogP contribution in [0.3, 0.4) is 0 Å². The summed E-state index contributed by atoms with van der Waals surface area (Å²) in [6, 6.07) is 0. The quantitative estimate of drug-likeness (QED) is 0.504. The van der Waals surface area contributed by atoms with E-state index in [1.54, 1.807) is 0 Å². The molecule has 1 saturated heterocycles. The van der Waals surface area contributed by atoms with E-state index in [1.165, 1.54) is 0 Å². The van der Waals surface area contributed by atoms with E-state index in [0.29, 0.717) is 0 Å². The Morgan fingerprint density at radius 1 is 1.10 bits per heavy atom. The minimum absolute atomic E-state index is 1.12. The van der Waals surface area contributed by atoms with Crippen LogP contribution in [0.4, 0.5) is 0 Å². The van der Waals surface area contributed by atoms with E-state index in [-0.39, 0.29) is 0 Å². The molecule has 0 aromatic heterocycles. The SMILES string of the molecule is C=C1N(C)CCN1C.CC. The third-order valence-corrected chi connectivity index (χ3v) is 1.65. The van der Waals surface area contributed by atoms with E-state index in [0.717, 1.165) is 18.9 Å². The number of hydrogen-bond donors (Lipinski definition) is 0. The smallest absolute Gasteiger partial charge is 0.0961 e. The van der Waals surface area contributed by atoms with Gasteiger partial charge in [0.05, 0.1) is 5.82 Å². The minimum Gasteiger partial charge on any atom is -0.360 e. The second-order valence-corrected chi connectivity index (χ2v) is 2.26. The summed E-state index contributed by atoms with van der Waals surface area (Å²) in [5.74, 6) is 1.13. The Labute approximate surface area is 64.1 Å². The molecule has 10 heavy (non-hydrogen) atoms. The van der Waals surface area contributed by atoms with Crippen molar-refractivity contribution in [2.45, 2.75) is 13.8 Å². The molecule has 0 aromatic rings. The van der Waals surface area contributed by atoms with E-state index in [4.69, 9.17) is 0 Å². The number of nitrogens with zero attached hydrogens (tertiary/aromatic N) is 2. The first-order chi connectivity index (χ1) is 4.72. The highest BCUT2D eigenvalue weighted by Crippen LogP contribution is 2.09. The molecule has 0 atom stereocenters. The lowest BCUT2D eigenvalue weighted by Crippen LogP contribution is -2.14. The van der Waals surface area contributed by atoms with Crippen molar-refractivity contribution < 1.29 is 0 Å². The first-order valence-corrected chi connectivity index (χ1v) is 3.83. The molecule has 0 aromatic carbocycles. The van der Waals surface area contributed by atoms with Gasteiger partial charge in [-0.15, -0.1) is 0 Å². The summed E-state index contributed by atoms with van der Waals surface area (Å²) in [5.41, 5.74) is 0. The third kappa shape index (κ3) is 1.94. The van der Waals surface area contributed by atoms with Gasteiger partial charge in [0.25, 0.3) is 0 Å². The Morgan fingerprint density at radius 2 is 1.40 bits per heavy atom. The highest BCUT2D eigenvalue weighted by molar-refractivity contribution is 4.96. The van der Waals surface area contributed by atoms with Crippen molar-refractivity contribution in [3.05, 3.63) is 12.4 Å². The summed E-state index contributed by atoms with van der Waals surface area (Å²) in [6.45, 7) is 10.1. The van der Waals surface area contributed by atoms with Crippen LogP contribution in [-0.2, 0) is 0 Å². The first kappa shape index (κ1) is 9.34. The summed E-state index contributed by atoms with van der Waals surface area (Å²) in [7, 11) is 4.12. The molecule has 0 radical (unpaired) electrons. The Balaban J connectivity index is 0.000000371. The molecule has 0 spiro atoms. The lowest BCUT2D eigenvalue weighted by atomic mass is 10.6. The van der Waals surface area contributed by atoms with Crippen LogP contribution in [0, 0.1) is 0 Å². The van der Waals surface area contributed by atoms with Crippen LogP contribution in [0.1, 0.15) is 13.8 Å².